The van der Waals surface area contributed by atoms with Crippen LogP contribution in [0.4, 0.5) is 0 Å². The third-order valence-electron chi connectivity index (χ3n) is 2.91. The molecule has 1 aromatic heterocycles. The second-order valence-electron chi connectivity index (χ2n) is 4.20. The molecule has 1 aliphatic rings. The summed E-state index contributed by atoms with van der Waals surface area (Å²) in [6.45, 7) is 3.83. The Morgan fingerprint density at radius 2 is 2.06 bits per heavy atom. The van der Waals surface area contributed by atoms with Crippen LogP contribution < -0.4 is 0 Å². The summed E-state index contributed by atoms with van der Waals surface area (Å²) in [5.74, 6) is 0.663. The molecule has 16 heavy (non-hydrogen) atoms. The highest BCUT2D eigenvalue weighted by Crippen LogP contribution is 2.17. The molecule has 0 atom stereocenters. The number of likely N-dealkylation sites (tertiary alicyclic amines) is 1. The van der Waals surface area contributed by atoms with Crippen LogP contribution in [0.5, 0.6) is 0 Å². The summed E-state index contributed by atoms with van der Waals surface area (Å²) < 4.78 is 0. The van der Waals surface area contributed by atoms with E-state index in [1.807, 2.05) is 4.90 Å². The van der Waals surface area contributed by atoms with Gasteiger partial charge in [-0.3, -0.25) is 4.79 Å². The van der Waals surface area contributed by atoms with Gasteiger partial charge >= 0.3 is 0 Å². The van der Waals surface area contributed by atoms with Crippen molar-refractivity contribution in [3.63, 3.8) is 0 Å². The predicted octanol–water partition coefficient (Wildman–Crippen LogP) is 2.00. The average molecular weight is 240 g/mol. The number of aromatic nitrogens is 2. The summed E-state index contributed by atoms with van der Waals surface area (Å²) in [6, 6.07) is 0. The number of halogens is 1. The van der Waals surface area contributed by atoms with Crippen molar-refractivity contribution in [2.75, 3.05) is 13.1 Å². The lowest BCUT2D eigenvalue weighted by Crippen LogP contribution is -2.38. The average Bonchev–Trinajstić information content (AvgIpc) is 2.30. The third-order valence-corrected chi connectivity index (χ3v) is 3.11. The zero-order chi connectivity index (χ0) is 11.5. The van der Waals surface area contributed by atoms with Crippen molar-refractivity contribution in [3.05, 3.63) is 23.2 Å². The van der Waals surface area contributed by atoms with Crippen LogP contribution in [0.2, 0.25) is 5.15 Å². The Hall–Kier alpha value is -1.16. The van der Waals surface area contributed by atoms with E-state index in [0.29, 0.717) is 16.8 Å². The first-order chi connectivity index (χ1) is 7.66. The summed E-state index contributed by atoms with van der Waals surface area (Å²) in [6.07, 6.45) is 4.96. The van der Waals surface area contributed by atoms with Gasteiger partial charge in [-0.25, -0.2) is 9.97 Å². The molecular weight excluding hydrogens is 226 g/mol. The molecule has 4 nitrogen and oxygen atoms in total. The molecule has 0 unspecified atom stereocenters. The molecular formula is C11H14ClN3O. The Bertz CT molecular complexity index is 371. The summed E-state index contributed by atoms with van der Waals surface area (Å²) in [5.41, 5.74) is 0.374. The molecule has 1 saturated heterocycles. The molecule has 0 bridgehead atoms. The Balaban J connectivity index is 2.05. The maximum absolute atomic E-state index is 12.0. The monoisotopic (exact) mass is 239 g/mol. The summed E-state index contributed by atoms with van der Waals surface area (Å²) in [7, 11) is 0. The first-order valence-electron chi connectivity index (χ1n) is 5.43. The van der Waals surface area contributed by atoms with E-state index in [4.69, 9.17) is 11.6 Å². The molecule has 5 heteroatoms. The Kier molecular flexibility index (Phi) is 3.39. The van der Waals surface area contributed by atoms with E-state index < -0.39 is 0 Å². The number of hydrogen-bond acceptors (Lipinski definition) is 3. The van der Waals surface area contributed by atoms with Gasteiger partial charge < -0.3 is 4.90 Å². The van der Waals surface area contributed by atoms with Crippen molar-refractivity contribution in [2.45, 2.75) is 19.8 Å². The number of rotatable bonds is 1. The number of hydrogen-bond donors (Lipinski definition) is 0. The molecule has 2 heterocycles. The highest BCUT2D eigenvalue weighted by atomic mass is 35.5. The molecule has 86 valence electrons. The van der Waals surface area contributed by atoms with Gasteiger partial charge in [0.2, 0.25) is 0 Å². The Morgan fingerprint density at radius 1 is 1.38 bits per heavy atom. The van der Waals surface area contributed by atoms with E-state index in [-0.39, 0.29) is 5.91 Å². The zero-order valence-corrected chi connectivity index (χ0v) is 9.94. The van der Waals surface area contributed by atoms with Crippen molar-refractivity contribution in [1.29, 1.82) is 0 Å². The van der Waals surface area contributed by atoms with Gasteiger partial charge in [0.25, 0.3) is 5.91 Å². The minimum atomic E-state index is -0.0453. The first kappa shape index (κ1) is 11.3. The fourth-order valence-electron chi connectivity index (χ4n) is 1.80. The lowest BCUT2D eigenvalue weighted by Gasteiger charge is -2.29. The summed E-state index contributed by atoms with van der Waals surface area (Å²) >= 11 is 5.62. The standard InChI is InChI=1S/C11H14ClN3O/c1-8-2-4-15(5-3-8)11(16)9-6-14-10(12)7-13-9/h6-8H,2-5H2,1H3. The van der Waals surface area contributed by atoms with Gasteiger partial charge in [0.1, 0.15) is 10.8 Å². The third kappa shape index (κ3) is 2.50. The number of piperidine rings is 1. The SMILES string of the molecule is CC1CCN(C(=O)c2cnc(Cl)cn2)CC1. The molecule has 0 saturated carbocycles. The van der Waals surface area contributed by atoms with Crippen molar-refractivity contribution in [3.8, 4) is 0 Å². The Morgan fingerprint density at radius 3 is 2.62 bits per heavy atom. The highest BCUT2D eigenvalue weighted by molar-refractivity contribution is 6.29. The zero-order valence-electron chi connectivity index (χ0n) is 9.19. The molecule has 1 aliphatic heterocycles. The van der Waals surface area contributed by atoms with Crippen molar-refractivity contribution in [2.24, 2.45) is 5.92 Å². The number of amides is 1. The first-order valence-corrected chi connectivity index (χ1v) is 5.81. The van der Waals surface area contributed by atoms with Crippen LogP contribution >= 0.6 is 11.6 Å². The minimum Gasteiger partial charge on any atom is -0.337 e. The van der Waals surface area contributed by atoms with Crippen LogP contribution in [0.25, 0.3) is 0 Å². The maximum atomic E-state index is 12.0. The summed E-state index contributed by atoms with van der Waals surface area (Å²) in [4.78, 5) is 21.7. The van der Waals surface area contributed by atoms with Crippen molar-refractivity contribution in [1.82, 2.24) is 14.9 Å². The minimum absolute atomic E-state index is 0.0453. The fraction of sp³-hybridized carbons (Fsp3) is 0.545. The predicted molar refractivity (Wildman–Crippen MR) is 61.3 cm³/mol. The van der Waals surface area contributed by atoms with E-state index >= 15 is 0 Å². The van der Waals surface area contributed by atoms with E-state index in [9.17, 15) is 4.79 Å². The summed E-state index contributed by atoms with van der Waals surface area (Å²) in [5, 5.41) is 0.309. The second-order valence-corrected chi connectivity index (χ2v) is 4.59. The molecule has 2 rings (SSSR count). The molecule has 1 amide bonds. The molecule has 0 radical (unpaired) electrons. The lowest BCUT2D eigenvalue weighted by atomic mass is 9.99. The highest BCUT2D eigenvalue weighted by Gasteiger charge is 2.22. The van der Waals surface area contributed by atoms with E-state index in [0.717, 1.165) is 25.9 Å². The van der Waals surface area contributed by atoms with Gasteiger partial charge in [0.05, 0.1) is 12.4 Å². The molecule has 1 fully saturated rings. The second kappa shape index (κ2) is 4.78. The fourth-order valence-corrected chi connectivity index (χ4v) is 1.89. The van der Waals surface area contributed by atoms with Crippen LogP contribution in [-0.2, 0) is 0 Å². The largest absolute Gasteiger partial charge is 0.337 e. The van der Waals surface area contributed by atoms with Crippen LogP contribution in [0, 0.1) is 5.92 Å². The number of nitrogens with zero attached hydrogens (tertiary/aromatic N) is 3. The molecule has 0 aromatic carbocycles. The number of carbonyl (C=O) groups excluding carboxylic acids is 1. The van der Waals surface area contributed by atoms with Gasteiger partial charge in [-0.1, -0.05) is 18.5 Å². The Labute approximate surface area is 99.6 Å². The lowest BCUT2D eigenvalue weighted by molar-refractivity contribution is 0.0691. The van der Waals surface area contributed by atoms with Gasteiger partial charge in [0, 0.05) is 13.1 Å². The van der Waals surface area contributed by atoms with Crippen LogP contribution in [0.1, 0.15) is 30.3 Å². The molecule has 0 N–H and O–H groups in total. The normalized spacial score (nSPS) is 17.5. The molecule has 1 aromatic rings. The van der Waals surface area contributed by atoms with Crippen LogP contribution in [0.15, 0.2) is 12.4 Å². The van der Waals surface area contributed by atoms with Crippen molar-refractivity contribution < 1.29 is 4.79 Å². The van der Waals surface area contributed by atoms with Gasteiger partial charge in [0.15, 0.2) is 0 Å². The smallest absolute Gasteiger partial charge is 0.274 e. The van der Waals surface area contributed by atoms with Gasteiger partial charge in [-0.15, -0.1) is 0 Å². The molecule has 0 spiro atoms. The van der Waals surface area contributed by atoms with Crippen LogP contribution in [-0.4, -0.2) is 33.9 Å². The van der Waals surface area contributed by atoms with Crippen LogP contribution in [0.3, 0.4) is 0 Å². The molecule has 0 aliphatic carbocycles. The van der Waals surface area contributed by atoms with E-state index in [1.54, 1.807) is 0 Å². The van der Waals surface area contributed by atoms with E-state index in [2.05, 4.69) is 16.9 Å². The van der Waals surface area contributed by atoms with Gasteiger partial charge in [-0.2, -0.15) is 0 Å². The van der Waals surface area contributed by atoms with E-state index in [1.165, 1.54) is 12.4 Å². The van der Waals surface area contributed by atoms with Crippen molar-refractivity contribution >= 4 is 17.5 Å². The maximum Gasteiger partial charge on any atom is 0.274 e. The topological polar surface area (TPSA) is 46.1 Å². The number of carbonyl (C=O) groups is 1. The van der Waals surface area contributed by atoms with Gasteiger partial charge in [-0.05, 0) is 18.8 Å². The quantitative estimate of drug-likeness (QED) is 0.753.